The molecule has 1 heterocycles. The Morgan fingerprint density at radius 1 is 1.30 bits per heavy atom. The summed E-state index contributed by atoms with van der Waals surface area (Å²) in [5.74, 6) is -0.125. The first-order chi connectivity index (χ1) is 14.1. The van der Waals surface area contributed by atoms with Gasteiger partial charge < -0.3 is 26.2 Å². The fraction of sp³-hybridized carbons (Fsp3) is 0.381. The van der Waals surface area contributed by atoms with E-state index in [0.29, 0.717) is 30.0 Å². The van der Waals surface area contributed by atoms with Gasteiger partial charge in [-0.3, -0.25) is 14.9 Å². The molecule has 1 amide bonds. The number of nitrogens with zero attached hydrogens (tertiary/aromatic N) is 1. The molecule has 3 rings (SSSR count). The van der Waals surface area contributed by atoms with Gasteiger partial charge in [-0.25, -0.2) is 0 Å². The number of carbonyl (C=O) groups is 1. The van der Waals surface area contributed by atoms with Crippen LogP contribution in [0.15, 0.2) is 36.4 Å². The maximum Gasteiger partial charge on any atom is 0.296 e. The number of nitrogens with two attached hydrogens (primary N) is 1. The van der Waals surface area contributed by atoms with Gasteiger partial charge in [0.2, 0.25) is 5.91 Å². The molecule has 0 bridgehead atoms. The average Bonchev–Trinajstić information content (AvgIpc) is 2.65. The SMILES string of the molecule is CC(=O)Nc1cc2c(cc1[N+](=O)[O-])OC(C)(C)[C@H](O)[C@H]2NCCc1ccc(N)cc1. The lowest BCUT2D eigenvalue weighted by Gasteiger charge is -2.42. The number of benzene rings is 2. The third-order valence-corrected chi connectivity index (χ3v) is 5.13. The van der Waals surface area contributed by atoms with Gasteiger partial charge in [0.05, 0.1) is 17.0 Å². The number of aliphatic hydroxyl groups excluding tert-OH is 1. The van der Waals surface area contributed by atoms with Gasteiger partial charge >= 0.3 is 0 Å². The van der Waals surface area contributed by atoms with Crippen LogP contribution < -0.4 is 21.1 Å². The normalized spacial score (nSPS) is 19.5. The maximum atomic E-state index is 11.5. The number of fused-ring (bicyclic) bond motifs is 1. The molecule has 0 aromatic heterocycles. The molecule has 1 aliphatic rings. The predicted octanol–water partition coefficient (Wildman–Crippen LogP) is 2.54. The maximum absolute atomic E-state index is 11.5. The van der Waals surface area contributed by atoms with E-state index >= 15 is 0 Å². The Balaban J connectivity index is 1.91. The second kappa shape index (κ2) is 8.29. The van der Waals surface area contributed by atoms with E-state index in [1.165, 1.54) is 19.1 Å². The lowest BCUT2D eigenvalue weighted by molar-refractivity contribution is -0.384. The van der Waals surface area contributed by atoms with Crippen molar-refractivity contribution in [3.05, 3.63) is 57.6 Å². The number of rotatable bonds is 6. The minimum atomic E-state index is -0.963. The quantitative estimate of drug-likeness (QED) is 0.323. The zero-order valence-corrected chi connectivity index (χ0v) is 17.1. The van der Waals surface area contributed by atoms with Gasteiger partial charge in [0.15, 0.2) is 0 Å². The van der Waals surface area contributed by atoms with Crippen LogP contribution in [0.4, 0.5) is 17.1 Å². The topological polar surface area (TPSA) is 140 Å². The first-order valence-electron chi connectivity index (χ1n) is 9.63. The molecule has 30 heavy (non-hydrogen) atoms. The number of hydrogen-bond donors (Lipinski definition) is 4. The van der Waals surface area contributed by atoms with Crippen molar-refractivity contribution in [2.24, 2.45) is 0 Å². The highest BCUT2D eigenvalue weighted by atomic mass is 16.6. The van der Waals surface area contributed by atoms with Crippen LogP contribution in [0, 0.1) is 10.1 Å². The van der Waals surface area contributed by atoms with Crippen molar-refractivity contribution in [3.8, 4) is 5.75 Å². The molecule has 0 aliphatic carbocycles. The Morgan fingerprint density at radius 3 is 2.57 bits per heavy atom. The lowest BCUT2D eigenvalue weighted by atomic mass is 9.86. The Kier molecular flexibility index (Phi) is 5.95. The Hall–Kier alpha value is -3.17. The van der Waals surface area contributed by atoms with Crippen LogP contribution in [-0.2, 0) is 11.2 Å². The van der Waals surface area contributed by atoms with Gasteiger partial charge in [-0.1, -0.05) is 12.1 Å². The monoisotopic (exact) mass is 414 g/mol. The number of ether oxygens (including phenoxy) is 1. The lowest BCUT2D eigenvalue weighted by Crippen LogP contribution is -2.52. The second-order valence-corrected chi connectivity index (χ2v) is 7.92. The van der Waals surface area contributed by atoms with Crippen molar-refractivity contribution in [3.63, 3.8) is 0 Å². The number of hydrogen-bond acceptors (Lipinski definition) is 7. The molecule has 9 heteroatoms. The summed E-state index contributed by atoms with van der Waals surface area (Å²) in [7, 11) is 0. The fourth-order valence-electron chi connectivity index (χ4n) is 3.55. The van der Waals surface area contributed by atoms with Gasteiger partial charge in [0.25, 0.3) is 5.69 Å². The van der Waals surface area contributed by atoms with Gasteiger partial charge in [-0.15, -0.1) is 0 Å². The molecular formula is C21H26N4O5. The van der Waals surface area contributed by atoms with E-state index in [0.717, 1.165) is 5.56 Å². The molecule has 9 nitrogen and oxygen atoms in total. The Bertz CT molecular complexity index is 959. The average molecular weight is 414 g/mol. The summed E-state index contributed by atoms with van der Waals surface area (Å²) < 4.78 is 5.87. The van der Waals surface area contributed by atoms with Crippen LogP contribution in [-0.4, -0.2) is 34.2 Å². The van der Waals surface area contributed by atoms with Gasteiger partial charge in [0.1, 0.15) is 23.1 Å². The zero-order chi connectivity index (χ0) is 22.1. The molecule has 0 radical (unpaired) electrons. The van der Waals surface area contributed by atoms with Crippen LogP contribution in [0.1, 0.15) is 37.9 Å². The first-order valence-corrected chi connectivity index (χ1v) is 9.63. The standard InChI is InChI=1S/C21H26N4O5/c1-12(26)24-16-10-15-18(11-17(16)25(28)29)30-21(2,3)20(27)19(15)23-9-8-13-4-6-14(22)7-5-13/h4-7,10-11,19-20,23,27H,8-9,22H2,1-3H3,(H,24,26)/t19-,20+/m0/s1. The van der Waals surface area contributed by atoms with Crippen LogP contribution in [0.25, 0.3) is 0 Å². The van der Waals surface area contributed by atoms with Crippen LogP contribution in [0.2, 0.25) is 0 Å². The molecule has 1 aliphatic heterocycles. The van der Waals surface area contributed by atoms with E-state index in [1.807, 2.05) is 24.3 Å². The molecule has 2 atom stereocenters. The zero-order valence-electron chi connectivity index (χ0n) is 17.1. The van der Waals surface area contributed by atoms with Crippen molar-refractivity contribution >= 4 is 23.0 Å². The number of aliphatic hydroxyl groups is 1. The summed E-state index contributed by atoms with van der Waals surface area (Å²) in [5.41, 5.74) is 6.87. The minimum Gasteiger partial charge on any atom is -0.484 e. The van der Waals surface area contributed by atoms with E-state index in [2.05, 4.69) is 10.6 Å². The number of nitrogen functional groups attached to an aromatic ring is 1. The second-order valence-electron chi connectivity index (χ2n) is 7.92. The summed E-state index contributed by atoms with van der Waals surface area (Å²) in [6.07, 6.45) is -0.214. The molecule has 160 valence electrons. The third-order valence-electron chi connectivity index (χ3n) is 5.13. The molecule has 0 spiro atoms. The molecule has 5 N–H and O–H groups in total. The summed E-state index contributed by atoms with van der Waals surface area (Å²) >= 11 is 0. The van der Waals surface area contributed by atoms with Crippen LogP contribution >= 0.6 is 0 Å². The molecule has 0 unspecified atom stereocenters. The predicted molar refractivity (Wildman–Crippen MR) is 113 cm³/mol. The largest absolute Gasteiger partial charge is 0.484 e. The molecule has 0 fully saturated rings. The molecule has 2 aromatic carbocycles. The van der Waals surface area contributed by atoms with Crippen molar-refractivity contribution in [1.29, 1.82) is 0 Å². The fourth-order valence-corrected chi connectivity index (χ4v) is 3.55. The Morgan fingerprint density at radius 2 is 1.97 bits per heavy atom. The highest BCUT2D eigenvalue weighted by Crippen LogP contribution is 2.44. The van der Waals surface area contributed by atoms with Crippen molar-refractivity contribution < 1.29 is 19.6 Å². The number of nitrogens with one attached hydrogen (secondary N) is 2. The number of carbonyl (C=O) groups excluding carboxylic acids is 1. The number of nitro benzene ring substituents is 1. The third kappa shape index (κ3) is 4.52. The molecule has 0 saturated heterocycles. The molecule has 2 aromatic rings. The summed E-state index contributed by atoms with van der Waals surface area (Å²) in [6, 6.07) is 9.79. The van der Waals surface area contributed by atoms with E-state index in [-0.39, 0.29) is 11.4 Å². The van der Waals surface area contributed by atoms with Crippen molar-refractivity contribution in [2.75, 3.05) is 17.6 Å². The van der Waals surface area contributed by atoms with Crippen molar-refractivity contribution in [1.82, 2.24) is 5.32 Å². The van der Waals surface area contributed by atoms with Gasteiger partial charge in [-0.2, -0.15) is 0 Å². The van der Waals surface area contributed by atoms with Crippen LogP contribution in [0.5, 0.6) is 5.75 Å². The summed E-state index contributed by atoms with van der Waals surface area (Å²) in [5, 5.41) is 28.2. The van der Waals surface area contributed by atoms with E-state index in [4.69, 9.17) is 10.5 Å². The number of amides is 1. The first kappa shape index (κ1) is 21.5. The minimum absolute atomic E-state index is 0.0621. The highest BCUT2D eigenvalue weighted by molar-refractivity contribution is 5.91. The number of nitro groups is 1. The molecular weight excluding hydrogens is 388 g/mol. The molecule has 0 saturated carbocycles. The number of anilines is 2. The summed E-state index contributed by atoms with van der Waals surface area (Å²) in [4.78, 5) is 22.4. The van der Waals surface area contributed by atoms with Crippen LogP contribution in [0.3, 0.4) is 0 Å². The van der Waals surface area contributed by atoms with Gasteiger partial charge in [0, 0.05) is 18.2 Å². The van der Waals surface area contributed by atoms with Crippen molar-refractivity contribution in [2.45, 2.75) is 44.9 Å². The van der Waals surface area contributed by atoms with E-state index in [9.17, 15) is 20.0 Å². The van der Waals surface area contributed by atoms with E-state index in [1.54, 1.807) is 13.8 Å². The van der Waals surface area contributed by atoms with Gasteiger partial charge in [-0.05, 0) is 50.6 Å². The highest BCUT2D eigenvalue weighted by Gasteiger charge is 2.43. The van der Waals surface area contributed by atoms with E-state index < -0.39 is 28.6 Å². The Labute approximate surface area is 174 Å². The summed E-state index contributed by atoms with van der Waals surface area (Å²) in [6.45, 7) is 5.28. The smallest absolute Gasteiger partial charge is 0.296 e.